The number of rotatable bonds is 6. The highest BCUT2D eigenvalue weighted by atomic mass is 32.2. The maximum atomic E-state index is 12.3. The molecule has 2 amide bonds. The van der Waals surface area contributed by atoms with E-state index in [-0.39, 0.29) is 23.5 Å². The monoisotopic (exact) mass is 414 g/mol. The van der Waals surface area contributed by atoms with Crippen molar-refractivity contribution in [2.75, 3.05) is 16.4 Å². The number of aryl methyl sites for hydroxylation is 2. The highest BCUT2D eigenvalue weighted by Gasteiger charge is 2.14. The van der Waals surface area contributed by atoms with Crippen molar-refractivity contribution in [1.29, 1.82) is 0 Å². The number of thioether (sulfide) groups is 1. The van der Waals surface area contributed by atoms with Crippen LogP contribution in [-0.4, -0.2) is 27.5 Å². The van der Waals surface area contributed by atoms with Crippen LogP contribution in [0, 0.1) is 19.8 Å². The average Bonchev–Trinajstić information content (AvgIpc) is 2.96. The van der Waals surface area contributed by atoms with E-state index in [4.69, 9.17) is 0 Å². The fourth-order valence-corrected chi connectivity index (χ4v) is 4.43. The van der Waals surface area contributed by atoms with Gasteiger partial charge in [-0.1, -0.05) is 25.6 Å². The fraction of sp³-hybridized carbons (Fsp3) is 0.300. The molecule has 28 heavy (non-hydrogen) atoms. The van der Waals surface area contributed by atoms with E-state index in [0.717, 1.165) is 15.2 Å². The van der Waals surface area contributed by atoms with Gasteiger partial charge in [0.1, 0.15) is 16.2 Å². The summed E-state index contributed by atoms with van der Waals surface area (Å²) in [6.45, 7) is 7.80. The van der Waals surface area contributed by atoms with E-state index in [9.17, 15) is 9.59 Å². The van der Waals surface area contributed by atoms with Gasteiger partial charge in [0.2, 0.25) is 11.8 Å². The first-order chi connectivity index (χ1) is 13.3. The van der Waals surface area contributed by atoms with Crippen molar-refractivity contribution in [3.8, 4) is 0 Å². The lowest BCUT2D eigenvalue weighted by Gasteiger charge is -2.09. The minimum Gasteiger partial charge on any atom is -0.326 e. The van der Waals surface area contributed by atoms with Gasteiger partial charge in [-0.2, -0.15) is 0 Å². The van der Waals surface area contributed by atoms with Crippen molar-refractivity contribution in [3.63, 3.8) is 0 Å². The lowest BCUT2D eigenvalue weighted by atomic mass is 10.2. The summed E-state index contributed by atoms with van der Waals surface area (Å²) in [6, 6.07) is 7.09. The van der Waals surface area contributed by atoms with Crippen molar-refractivity contribution >= 4 is 56.5 Å². The van der Waals surface area contributed by atoms with Gasteiger partial charge in [0.05, 0.1) is 5.75 Å². The maximum absolute atomic E-state index is 12.3. The van der Waals surface area contributed by atoms with Crippen LogP contribution < -0.4 is 10.6 Å². The number of anilines is 2. The average molecular weight is 415 g/mol. The van der Waals surface area contributed by atoms with Crippen LogP contribution in [0.5, 0.6) is 0 Å². The molecule has 1 aromatic carbocycles. The van der Waals surface area contributed by atoms with Crippen molar-refractivity contribution in [2.45, 2.75) is 32.7 Å². The summed E-state index contributed by atoms with van der Waals surface area (Å²) in [5.41, 5.74) is 2.56. The highest BCUT2D eigenvalue weighted by Crippen LogP contribution is 2.34. The van der Waals surface area contributed by atoms with Gasteiger partial charge in [0, 0.05) is 27.6 Å². The first kappa shape index (κ1) is 20.3. The van der Waals surface area contributed by atoms with Gasteiger partial charge in [-0.05, 0) is 43.7 Å². The van der Waals surface area contributed by atoms with Crippen LogP contribution in [-0.2, 0) is 9.59 Å². The van der Waals surface area contributed by atoms with Gasteiger partial charge in [0.25, 0.3) is 0 Å². The number of carbonyl (C=O) groups is 2. The Morgan fingerprint density at radius 1 is 1.07 bits per heavy atom. The third-order valence-electron chi connectivity index (χ3n) is 4.23. The molecule has 0 aliphatic carbocycles. The van der Waals surface area contributed by atoms with Gasteiger partial charge in [-0.25, -0.2) is 9.97 Å². The first-order valence-electron chi connectivity index (χ1n) is 8.89. The Kier molecular flexibility index (Phi) is 6.31. The van der Waals surface area contributed by atoms with Crippen LogP contribution in [0.2, 0.25) is 0 Å². The standard InChI is InChI=1S/C20H22N4O2S2/c1-11(2)18(26)24-15-7-5-14(6-8-15)23-16(25)9-27-19-17-12(3)13(4)28-20(17)22-10-21-19/h5-8,10-11H,9H2,1-4H3,(H,23,25)(H,24,26). The molecule has 0 bridgehead atoms. The zero-order valence-corrected chi connectivity index (χ0v) is 17.8. The Morgan fingerprint density at radius 2 is 1.71 bits per heavy atom. The van der Waals surface area contributed by atoms with Crippen LogP contribution >= 0.6 is 23.1 Å². The number of thiophene rings is 1. The molecule has 0 saturated heterocycles. The van der Waals surface area contributed by atoms with Crippen molar-refractivity contribution in [1.82, 2.24) is 9.97 Å². The lowest BCUT2D eigenvalue weighted by molar-refractivity contribution is -0.119. The first-order valence-corrected chi connectivity index (χ1v) is 10.7. The van der Waals surface area contributed by atoms with Gasteiger partial charge in [-0.15, -0.1) is 11.3 Å². The van der Waals surface area contributed by atoms with E-state index >= 15 is 0 Å². The predicted molar refractivity (Wildman–Crippen MR) is 116 cm³/mol. The van der Waals surface area contributed by atoms with E-state index < -0.39 is 0 Å². The smallest absolute Gasteiger partial charge is 0.234 e. The minimum atomic E-state index is -0.111. The Labute approximate surface area is 172 Å². The van der Waals surface area contributed by atoms with E-state index in [2.05, 4.69) is 34.4 Å². The number of hydrogen-bond donors (Lipinski definition) is 2. The summed E-state index contributed by atoms with van der Waals surface area (Å²) < 4.78 is 0. The Balaban J connectivity index is 1.60. The highest BCUT2D eigenvalue weighted by molar-refractivity contribution is 8.00. The molecule has 0 aliphatic heterocycles. The zero-order chi connectivity index (χ0) is 20.3. The minimum absolute atomic E-state index is 0.0386. The Morgan fingerprint density at radius 3 is 2.36 bits per heavy atom. The second-order valence-corrected chi connectivity index (χ2v) is 8.87. The molecule has 2 aromatic heterocycles. The molecule has 0 fully saturated rings. The third kappa shape index (κ3) is 4.69. The summed E-state index contributed by atoms with van der Waals surface area (Å²) in [5.74, 6) is 0.0238. The summed E-state index contributed by atoms with van der Waals surface area (Å²) in [4.78, 5) is 34.9. The van der Waals surface area contributed by atoms with Gasteiger partial charge < -0.3 is 10.6 Å². The summed E-state index contributed by atoms with van der Waals surface area (Å²) in [6.07, 6.45) is 1.54. The van der Waals surface area contributed by atoms with Crippen molar-refractivity contribution in [2.24, 2.45) is 5.92 Å². The number of nitrogens with zero attached hydrogens (tertiary/aromatic N) is 2. The van der Waals surface area contributed by atoms with Crippen molar-refractivity contribution < 1.29 is 9.59 Å². The number of carbonyl (C=O) groups excluding carboxylic acids is 2. The molecule has 2 heterocycles. The summed E-state index contributed by atoms with van der Waals surface area (Å²) in [7, 11) is 0. The molecule has 0 saturated carbocycles. The number of aromatic nitrogens is 2. The quantitative estimate of drug-likeness (QED) is 0.454. The number of amides is 2. The number of fused-ring (bicyclic) bond motifs is 1. The third-order valence-corrected chi connectivity index (χ3v) is 6.34. The summed E-state index contributed by atoms with van der Waals surface area (Å²) in [5, 5.41) is 7.56. The molecule has 0 atom stereocenters. The van der Waals surface area contributed by atoms with E-state index in [0.29, 0.717) is 11.4 Å². The van der Waals surface area contributed by atoms with Crippen LogP contribution in [0.1, 0.15) is 24.3 Å². The van der Waals surface area contributed by atoms with Gasteiger partial charge in [0.15, 0.2) is 0 Å². The van der Waals surface area contributed by atoms with Gasteiger partial charge in [-0.3, -0.25) is 9.59 Å². The predicted octanol–water partition coefficient (Wildman–Crippen LogP) is 4.63. The molecule has 0 radical (unpaired) electrons. The molecule has 3 aromatic rings. The molecule has 0 aliphatic rings. The molecule has 2 N–H and O–H groups in total. The van der Waals surface area contributed by atoms with E-state index in [1.54, 1.807) is 41.9 Å². The Hall–Kier alpha value is -2.45. The Bertz CT molecular complexity index is 1010. The SMILES string of the molecule is Cc1sc2ncnc(SCC(=O)Nc3ccc(NC(=O)C(C)C)cc3)c2c1C. The van der Waals surface area contributed by atoms with Gasteiger partial charge >= 0.3 is 0 Å². The molecule has 6 nitrogen and oxygen atoms in total. The van der Waals surface area contributed by atoms with E-state index in [1.165, 1.54) is 22.2 Å². The van der Waals surface area contributed by atoms with Crippen molar-refractivity contribution in [3.05, 3.63) is 41.0 Å². The van der Waals surface area contributed by atoms with Crippen LogP contribution in [0.15, 0.2) is 35.6 Å². The maximum Gasteiger partial charge on any atom is 0.234 e. The number of benzene rings is 1. The largest absolute Gasteiger partial charge is 0.326 e. The van der Waals surface area contributed by atoms with Crippen LogP contribution in [0.25, 0.3) is 10.2 Å². The van der Waals surface area contributed by atoms with Crippen LogP contribution in [0.3, 0.4) is 0 Å². The molecule has 3 rings (SSSR count). The lowest BCUT2D eigenvalue weighted by Crippen LogP contribution is -2.18. The summed E-state index contributed by atoms with van der Waals surface area (Å²) >= 11 is 3.05. The molecular formula is C20H22N4O2S2. The van der Waals surface area contributed by atoms with Crippen LogP contribution in [0.4, 0.5) is 11.4 Å². The topological polar surface area (TPSA) is 84.0 Å². The van der Waals surface area contributed by atoms with E-state index in [1.807, 2.05) is 13.8 Å². The molecule has 0 unspecified atom stereocenters. The number of hydrogen-bond acceptors (Lipinski definition) is 6. The second kappa shape index (κ2) is 8.70. The number of nitrogens with one attached hydrogen (secondary N) is 2. The molecule has 8 heteroatoms. The zero-order valence-electron chi connectivity index (χ0n) is 16.2. The molecule has 146 valence electrons. The normalized spacial score (nSPS) is 11.0. The fourth-order valence-electron chi connectivity index (χ4n) is 2.51. The molecule has 0 spiro atoms. The molecular weight excluding hydrogens is 392 g/mol. The second-order valence-electron chi connectivity index (χ2n) is 6.70.